The average Bonchev–Trinajstić information content (AvgIpc) is 3.21. The van der Waals surface area contributed by atoms with Crippen LogP contribution in [0.25, 0.3) is 0 Å². The van der Waals surface area contributed by atoms with Gasteiger partial charge in [-0.15, -0.1) is 0 Å². The van der Waals surface area contributed by atoms with Crippen LogP contribution in [0, 0.1) is 12.9 Å². The van der Waals surface area contributed by atoms with Gasteiger partial charge in [0.05, 0.1) is 18.3 Å². The molecule has 2 atom stereocenters. The minimum Gasteiger partial charge on any atom is -0.387 e. The number of H-pyrrole nitrogens is 1. The van der Waals surface area contributed by atoms with Crippen molar-refractivity contribution in [1.82, 2.24) is 25.4 Å². The maximum atomic E-state index is 12.9. The summed E-state index contributed by atoms with van der Waals surface area (Å²) < 4.78 is 12.9. The van der Waals surface area contributed by atoms with E-state index in [0.717, 1.165) is 29.8 Å². The van der Waals surface area contributed by atoms with Crippen molar-refractivity contribution in [1.29, 1.82) is 0 Å². The number of aliphatic hydroxyl groups is 1. The predicted molar refractivity (Wildman–Crippen MR) is 121 cm³/mol. The number of rotatable bonds is 10. The summed E-state index contributed by atoms with van der Waals surface area (Å²) in [5.74, 6) is -0.622. The highest BCUT2D eigenvalue weighted by molar-refractivity contribution is 5.94. The Kier molecular flexibility index (Phi) is 8.08. The van der Waals surface area contributed by atoms with Gasteiger partial charge in [0.2, 0.25) is 5.95 Å². The van der Waals surface area contributed by atoms with Crippen LogP contribution in [0.1, 0.15) is 52.3 Å². The van der Waals surface area contributed by atoms with Gasteiger partial charge in [0, 0.05) is 42.7 Å². The SMILES string of the molecule is CC[C@@H](Cc1ccc(C(=O)N(C)Cc2cc(C)[nH]n2)cc1)NC[C@H](O)c1ccc(F)nc1. The Labute approximate surface area is 187 Å². The Balaban J connectivity index is 1.52. The topological polar surface area (TPSA) is 94.1 Å². The smallest absolute Gasteiger partial charge is 0.253 e. The maximum absolute atomic E-state index is 12.9. The summed E-state index contributed by atoms with van der Waals surface area (Å²) >= 11 is 0. The molecule has 0 radical (unpaired) electrons. The number of halogens is 1. The van der Waals surface area contributed by atoms with E-state index >= 15 is 0 Å². The molecule has 170 valence electrons. The minimum absolute atomic E-state index is 0.0570. The van der Waals surface area contributed by atoms with Crippen LogP contribution in [0.5, 0.6) is 0 Å². The lowest BCUT2D eigenvalue weighted by atomic mass is 10.0. The Morgan fingerprint density at radius 3 is 2.59 bits per heavy atom. The van der Waals surface area contributed by atoms with Crippen LogP contribution in [-0.2, 0) is 13.0 Å². The number of aryl methyl sites for hydroxylation is 1. The van der Waals surface area contributed by atoms with Crippen LogP contribution >= 0.6 is 0 Å². The van der Waals surface area contributed by atoms with E-state index in [1.165, 1.54) is 18.3 Å². The third kappa shape index (κ3) is 6.45. The van der Waals surface area contributed by atoms with E-state index < -0.39 is 12.1 Å². The first kappa shape index (κ1) is 23.6. The lowest BCUT2D eigenvalue weighted by molar-refractivity contribution is 0.0783. The number of carbonyl (C=O) groups excluding carboxylic acids is 1. The zero-order valence-electron chi connectivity index (χ0n) is 18.7. The zero-order chi connectivity index (χ0) is 23.1. The van der Waals surface area contributed by atoms with Crippen molar-refractivity contribution < 1.29 is 14.3 Å². The van der Waals surface area contributed by atoms with E-state index in [0.29, 0.717) is 24.2 Å². The number of amides is 1. The zero-order valence-corrected chi connectivity index (χ0v) is 18.7. The standard InChI is InChI=1S/C24H30FN5O2/c1-4-20(26-14-22(31)19-9-10-23(25)27-13-19)12-17-5-7-18(8-6-17)24(32)30(3)15-21-11-16(2)28-29-21/h5-11,13,20,22,26,31H,4,12,14-15H2,1-3H3,(H,28,29)/t20-,22-/m0/s1. The third-order valence-electron chi connectivity index (χ3n) is 5.42. The fourth-order valence-electron chi connectivity index (χ4n) is 3.50. The van der Waals surface area contributed by atoms with Crippen LogP contribution in [-0.4, -0.2) is 50.7 Å². The summed E-state index contributed by atoms with van der Waals surface area (Å²) in [6, 6.07) is 12.5. The van der Waals surface area contributed by atoms with E-state index in [-0.39, 0.29) is 11.9 Å². The molecule has 0 saturated heterocycles. The number of hydrogen-bond donors (Lipinski definition) is 3. The summed E-state index contributed by atoms with van der Waals surface area (Å²) in [7, 11) is 1.76. The highest BCUT2D eigenvalue weighted by Crippen LogP contribution is 2.14. The maximum Gasteiger partial charge on any atom is 0.253 e. The second-order valence-corrected chi connectivity index (χ2v) is 8.05. The van der Waals surface area contributed by atoms with Gasteiger partial charge < -0.3 is 15.3 Å². The summed E-state index contributed by atoms with van der Waals surface area (Å²) in [6.07, 6.45) is 2.23. The van der Waals surface area contributed by atoms with Gasteiger partial charge in [-0.1, -0.05) is 25.1 Å². The molecule has 0 saturated carbocycles. The molecule has 0 aliphatic heterocycles. The summed E-state index contributed by atoms with van der Waals surface area (Å²) in [6.45, 7) is 4.79. The molecule has 32 heavy (non-hydrogen) atoms. The van der Waals surface area contributed by atoms with Crippen LogP contribution in [0.3, 0.4) is 0 Å². The van der Waals surface area contributed by atoms with Crippen LogP contribution in [0.4, 0.5) is 4.39 Å². The fourth-order valence-corrected chi connectivity index (χ4v) is 3.50. The highest BCUT2D eigenvalue weighted by Gasteiger charge is 2.15. The van der Waals surface area contributed by atoms with Crippen molar-refractivity contribution in [2.45, 2.75) is 45.4 Å². The van der Waals surface area contributed by atoms with Crippen molar-refractivity contribution >= 4 is 5.91 Å². The second kappa shape index (κ2) is 11.0. The lowest BCUT2D eigenvalue weighted by Gasteiger charge is -2.20. The molecular weight excluding hydrogens is 409 g/mol. The van der Waals surface area contributed by atoms with E-state index in [9.17, 15) is 14.3 Å². The van der Waals surface area contributed by atoms with Gasteiger partial charge in [-0.3, -0.25) is 9.89 Å². The number of aromatic amines is 1. The van der Waals surface area contributed by atoms with Crippen molar-refractivity contribution in [2.75, 3.05) is 13.6 Å². The molecule has 0 aliphatic rings. The van der Waals surface area contributed by atoms with Gasteiger partial charge in [-0.25, -0.2) is 4.98 Å². The quantitative estimate of drug-likeness (QED) is 0.422. The number of benzene rings is 1. The number of nitrogens with zero attached hydrogens (tertiary/aromatic N) is 3. The fraction of sp³-hybridized carbons (Fsp3) is 0.375. The Bertz CT molecular complexity index is 1000. The van der Waals surface area contributed by atoms with Gasteiger partial charge in [-0.05, 0) is 49.6 Å². The molecule has 3 N–H and O–H groups in total. The summed E-state index contributed by atoms with van der Waals surface area (Å²) in [5, 5.41) is 20.7. The number of carbonyl (C=O) groups is 1. The van der Waals surface area contributed by atoms with Gasteiger partial charge in [-0.2, -0.15) is 9.49 Å². The molecular formula is C24H30FN5O2. The molecule has 0 bridgehead atoms. The van der Waals surface area contributed by atoms with Crippen molar-refractivity contribution in [2.24, 2.45) is 0 Å². The highest BCUT2D eigenvalue weighted by atomic mass is 19.1. The molecule has 8 heteroatoms. The van der Waals surface area contributed by atoms with Gasteiger partial charge in [0.1, 0.15) is 0 Å². The van der Waals surface area contributed by atoms with Crippen molar-refractivity contribution in [3.05, 3.63) is 82.7 Å². The molecule has 3 aromatic rings. The first-order chi connectivity index (χ1) is 15.4. The molecule has 2 aromatic heterocycles. The average molecular weight is 440 g/mol. The molecule has 7 nitrogen and oxygen atoms in total. The van der Waals surface area contributed by atoms with Crippen LogP contribution < -0.4 is 5.32 Å². The molecule has 0 aliphatic carbocycles. The number of nitrogens with one attached hydrogen (secondary N) is 2. The number of aliphatic hydroxyl groups excluding tert-OH is 1. The van der Waals surface area contributed by atoms with Gasteiger partial charge in [0.15, 0.2) is 0 Å². The Morgan fingerprint density at radius 1 is 1.25 bits per heavy atom. The van der Waals surface area contributed by atoms with E-state index in [2.05, 4.69) is 27.4 Å². The first-order valence-corrected chi connectivity index (χ1v) is 10.7. The largest absolute Gasteiger partial charge is 0.387 e. The van der Waals surface area contributed by atoms with E-state index in [1.54, 1.807) is 11.9 Å². The monoisotopic (exact) mass is 439 g/mol. The number of aromatic nitrogens is 3. The lowest BCUT2D eigenvalue weighted by Crippen LogP contribution is -2.34. The minimum atomic E-state index is -0.758. The first-order valence-electron chi connectivity index (χ1n) is 10.7. The van der Waals surface area contributed by atoms with Gasteiger partial charge in [0.25, 0.3) is 5.91 Å². The molecule has 0 fully saturated rings. The molecule has 3 rings (SSSR count). The third-order valence-corrected chi connectivity index (χ3v) is 5.42. The Hall–Kier alpha value is -3.10. The molecule has 1 aromatic carbocycles. The van der Waals surface area contributed by atoms with Crippen LogP contribution in [0.15, 0.2) is 48.7 Å². The van der Waals surface area contributed by atoms with Crippen molar-refractivity contribution in [3.8, 4) is 0 Å². The molecule has 2 heterocycles. The second-order valence-electron chi connectivity index (χ2n) is 8.05. The normalized spacial score (nSPS) is 13.0. The van der Waals surface area contributed by atoms with E-state index in [4.69, 9.17) is 0 Å². The summed E-state index contributed by atoms with van der Waals surface area (Å²) in [4.78, 5) is 17.9. The Morgan fingerprint density at radius 2 is 2.00 bits per heavy atom. The van der Waals surface area contributed by atoms with E-state index in [1.807, 2.05) is 37.3 Å². The predicted octanol–water partition coefficient (Wildman–Crippen LogP) is 3.17. The number of hydrogen-bond acceptors (Lipinski definition) is 5. The molecule has 0 unspecified atom stereocenters. The van der Waals surface area contributed by atoms with Gasteiger partial charge >= 0.3 is 0 Å². The molecule has 1 amide bonds. The van der Waals surface area contributed by atoms with Crippen molar-refractivity contribution in [3.63, 3.8) is 0 Å². The number of pyridine rings is 1. The summed E-state index contributed by atoms with van der Waals surface area (Å²) in [5.41, 5.74) is 4.09. The molecule has 0 spiro atoms. The van der Waals surface area contributed by atoms with Crippen LogP contribution in [0.2, 0.25) is 0 Å².